The molecule has 0 spiro atoms. The number of nitrogens with one attached hydrogen (secondary N) is 1. The highest BCUT2D eigenvalue weighted by Crippen LogP contribution is 2.26. The van der Waals surface area contributed by atoms with Crippen molar-refractivity contribution in [3.8, 4) is 0 Å². The van der Waals surface area contributed by atoms with Gasteiger partial charge in [0, 0.05) is 17.8 Å². The van der Waals surface area contributed by atoms with E-state index in [0.717, 1.165) is 0 Å². The SMILES string of the molecule is Cc1cc([N+](=O)[O-])cc(C)c1NC(=O)c1ccccc1F. The lowest BCUT2D eigenvalue weighted by Crippen LogP contribution is -2.15. The van der Waals surface area contributed by atoms with E-state index in [1.54, 1.807) is 19.9 Å². The number of nitro groups is 1. The quantitative estimate of drug-likeness (QED) is 0.692. The number of amides is 1. The third kappa shape index (κ3) is 3.05. The van der Waals surface area contributed by atoms with Gasteiger partial charge in [-0.15, -0.1) is 0 Å². The molecule has 0 unspecified atom stereocenters. The summed E-state index contributed by atoms with van der Waals surface area (Å²) in [7, 11) is 0. The Labute approximate surface area is 120 Å². The molecule has 21 heavy (non-hydrogen) atoms. The molecule has 0 saturated carbocycles. The molecule has 0 fully saturated rings. The van der Waals surface area contributed by atoms with Gasteiger partial charge >= 0.3 is 0 Å². The van der Waals surface area contributed by atoms with Gasteiger partial charge in [-0.3, -0.25) is 14.9 Å². The number of hydrogen-bond acceptors (Lipinski definition) is 3. The van der Waals surface area contributed by atoms with Crippen LogP contribution in [0.1, 0.15) is 21.5 Å². The summed E-state index contributed by atoms with van der Waals surface area (Å²) in [4.78, 5) is 22.3. The van der Waals surface area contributed by atoms with Crippen molar-refractivity contribution >= 4 is 17.3 Å². The second-order valence-electron chi connectivity index (χ2n) is 4.65. The zero-order valence-corrected chi connectivity index (χ0v) is 11.5. The van der Waals surface area contributed by atoms with Crippen molar-refractivity contribution in [3.05, 3.63) is 69.0 Å². The molecule has 0 aliphatic rings. The van der Waals surface area contributed by atoms with Gasteiger partial charge in [0.2, 0.25) is 0 Å². The smallest absolute Gasteiger partial charge is 0.270 e. The van der Waals surface area contributed by atoms with Crippen molar-refractivity contribution in [3.63, 3.8) is 0 Å². The van der Waals surface area contributed by atoms with Gasteiger partial charge in [0.25, 0.3) is 11.6 Å². The van der Waals surface area contributed by atoms with E-state index < -0.39 is 16.6 Å². The van der Waals surface area contributed by atoms with Gasteiger partial charge in [-0.05, 0) is 37.1 Å². The fourth-order valence-corrected chi connectivity index (χ4v) is 2.07. The second-order valence-corrected chi connectivity index (χ2v) is 4.65. The number of benzene rings is 2. The molecule has 2 rings (SSSR count). The Morgan fingerprint density at radius 2 is 1.76 bits per heavy atom. The standard InChI is InChI=1S/C15H13FN2O3/c1-9-7-11(18(20)21)8-10(2)14(9)17-15(19)12-5-3-4-6-13(12)16/h3-8H,1-2H3,(H,17,19). The van der Waals surface area contributed by atoms with Crippen LogP contribution in [0.4, 0.5) is 15.8 Å². The summed E-state index contributed by atoms with van der Waals surface area (Å²) in [5.41, 5.74) is 1.43. The van der Waals surface area contributed by atoms with E-state index in [2.05, 4.69) is 5.32 Å². The minimum Gasteiger partial charge on any atom is -0.321 e. The van der Waals surface area contributed by atoms with Crippen LogP contribution in [0.3, 0.4) is 0 Å². The Hall–Kier alpha value is -2.76. The predicted molar refractivity (Wildman–Crippen MR) is 76.9 cm³/mol. The lowest BCUT2D eigenvalue weighted by atomic mass is 10.1. The van der Waals surface area contributed by atoms with Crippen molar-refractivity contribution in [1.82, 2.24) is 0 Å². The molecule has 0 saturated heterocycles. The zero-order valence-electron chi connectivity index (χ0n) is 11.5. The molecule has 2 aromatic carbocycles. The summed E-state index contributed by atoms with van der Waals surface area (Å²) < 4.78 is 13.6. The number of carbonyl (C=O) groups excluding carboxylic acids is 1. The van der Waals surface area contributed by atoms with Crippen LogP contribution in [0.2, 0.25) is 0 Å². The molecule has 0 aliphatic carbocycles. The van der Waals surface area contributed by atoms with Crippen molar-refractivity contribution in [2.75, 3.05) is 5.32 Å². The molecular weight excluding hydrogens is 275 g/mol. The topological polar surface area (TPSA) is 72.2 Å². The average molecular weight is 288 g/mol. The highest BCUT2D eigenvalue weighted by atomic mass is 19.1. The predicted octanol–water partition coefficient (Wildman–Crippen LogP) is 3.60. The van der Waals surface area contributed by atoms with Gasteiger partial charge in [-0.1, -0.05) is 12.1 Å². The number of rotatable bonds is 3. The highest BCUT2D eigenvalue weighted by Gasteiger charge is 2.16. The molecule has 1 amide bonds. The first-order chi connectivity index (χ1) is 9.90. The zero-order chi connectivity index (χ0) is 15.6. The largest absolute Gasteiger partial charge is 0.321 e. The van der Waals surface area contributed by atoms with Gasteiger partial charge in [-0.2, -0.15) is 0 Å². The molecule has 2 aromatic rings. The first kappa shape index (κ1) is 14.6. The first-order valence-corrected chi connectivity index (χ1v) is 6.21. The van der Waals surface area contributed by atoms with Crippen molar-refractivity contribution < 1.29 is 14.1 Å². The fraction of sp³-hybridized carbons (Fsp3) is 0.133. The van der Waals surface area contributed by atoms with Gasteiger partial charge in [0.05, 0.1) is 10.5 Å². The number of halogens is 1. The Morgan fingerprint density at radius 3 is 2.29 bits per heavy atom. The third-order valence-corrected chi connectivity index (χ3v) is 3.09. The number of aryl methyl sites for hydroxylation is 2. The van der Waals surface area contributed by atoms with Crippen molar-refractivity contribution in [1.29, 1.82) is 0 Å². The van der Waals surface area contributed by atoms with Crippen molar-refractivity contribution in [2.45, 2.75) is 13.8 Å². The number of nitrogens with zero attached hydrogens (tertiary/aromatic N) is 1. The molecular formula is C15H13FN2O3. The summed E-state index contributed by atoms with van der Waals surface area (Å²) in [5.74, 6) is -1.21. The maximum atomic E-state index is 13.6. The third-order valence-electron chi connectivity index (χ3n) is 3.09. The molecule has 0 heterocycles. The number of hydrogen-bond donors (Lipinski definition) is 1. The van der Waals surface area contributed by atoms with Gasteiger partial charge < -0.3 is 5.32 Å². The summed E-state index contributed by atoms with van der Waals surface area (Å²) in [6.45, 7) is 3.30. The summed E-state index contributed by atoms with van der Waals surface area (Å²) in [5, 5.41) is 13.4. The average Bonchev–Trinajstić information content (AvgIpc) is 2.42. The number of carbonyl (C=O) groups is 1. The Bertz CT molecular complexity index is 706. The Morgan fingerprint density at radius 1 is 1.19 bits per heavy atom. The number of anilines is 1. The van der Waals surface area contributed by atoms with Crippen LogP contribution in [-0.4, -0.2) is 10.8 Å². The van der Waals surface area contributed by atoms with Crippen LogP contribution in [0.25, 0.3) is 0 Å². The van der Waals surface area contributed by atoms with E-state index >= 15 is 0 Å². The molecule has 0 atom stereocenters. The van der Waals surface area contributed by atoms with Crippen LogP contribution in [0.5, 0.6) is 0 Å². The highest BCUT2D eigenvalue weighted by molar-refractivity contribution is 6.05. The van der Waals surface area contributed by atoms with Gasteiger partial charge in [0.1, 0.15) is 5.82 Å². The summed E-state index contributed by atoms with van der Waals surface area (Å²) >= 11 is 0. The molecule has 0 aliphatic heterocycles. The number of nitro benzene ring substituents is 1. The molecule has 1 N–H and O–H groups in total. The van der Waals surface area contributed by atoms with Crippen LogP contribution in [-0.2, 0) is 0 Å². The molecule has 5 nitrogen and oxygen atoms in total. The molecule has 0 radical (unpaired) electrons. The lowest BCUT2D eigenvalue weighted by Gasteiger charge is -2.12. The van der Waals surface area contributed by atoms with Crippen LogP contribution in [0.15, 0.2) is 36.4 Å². The van der Waals surface area contributed by atoms with Crippen LogP contribution < -0.4 is 5.32 Å². The molecule has 0 bridgehead atoms. The van der Waals surface area contributed by atoms with Crippen molar-refractivity contribution in [2.24, 2.45) is 0 Å². The molecule has 0 aromatic heterocycles. The Kier molecular flexibility index (Phi) is 3.98. The summed E-state index contributed by atoms with van der Waals surface area (Å²) in [6, 6.07) is 8.36. The maximum absolute atomic E-state index is 13.6. The van der Waals surface area contributed by atoms with Gasteiger partial charge in [0.15, 0.2) is 0 Å². The van der Waals surface area contributed by atoms with E-state index in [0.29, 0.717) is 16.8 Å². The Balaban J connectivity index is 2.34. The van der Waals surface area contributed by atoms with E-state index in [9.17, 15) is 19.3 Å². The van der Waals surface area contributed by atoms with E-state index in [1.165, 1.54) is 30.3 Å². The molecule has 108 valence electrons. The maximum Gasteiger partial charge on any atom is 0.270 e. The summed E-state index contributed by atoms with van der Waals surface area (Å²) in [6.07, 6.45) is 0. The van der Waals surface area contributed by atoms with Crippen LogP contribution in [0, 0.1) is 29.8 Å². The minimum atomic E-state index is -0.618. The van der Waals surface area contributed by atoms with E-state index in [-0.39, 0.29) is 11.3 Å². The normalized spacial score (nSPS) is 10.2. The minimum absolute atomic E-state index is 0.0473. The molecule has 6 heteroatoms. The van der Waals surface area contributed by atoms with Crippen LogP contribution >= 0.6 is 0 Å². The lowest BCUT2D eigenvalue weighted by molar-refractivity contribution is -0.384. The van der Waals surface area contributed by atoms with Gasteiger partial charge in [-0.25, -0.2) is 4.39 Å². The second kappa shape index (κ2) is 5.70. The monoisotopic (exact) mass is 288 g/mol. The van der Waals surface area contributed by atoms with E-state index in [1.807, 2.05) is 0 Å². The number of non-ortho nitro benzene ring substituents is 1. The van der Waals surface area contributed by atoms with E-state index in [4.69, 9.17) is 0 Å². The fourth-order valence-electron chi connectivity index (χ4n) is 2.07. The first-order valence-electron chi connectivity index (χ1n) is 6.21.